The molecule has 0 fully saturated rings. The molecule has 0 bridgehead atoms. The highest BCUT2D eigenvalue weighted by Crippen LogP contribution is 2.41. The molecule has 7 nitrogen and oxygen atoms in total. The molecule has 0 radical (unpaired) electrons. The number of rotatable bonds is 6. The van der Waals surface area contributed by atoms with E-state index in [4.69, 9.17) is 13.9 Å². The van der Waals surface area contributed by atoms with E-state index in [1.54, 1.807) is 37.3 Å². The van der Waals surface area contributed by atoms with Crippen molar-refractivity contribution in [1.82, 2.24) is 9.55 Å². The first-order chi connectivity index (χ1) is 18.9. The number of fused-ring (bicyclic) bond motifs is 6. The number of carbonyl (C=O) groups is 1. The minimum absolute atomic E-state index is 0.174. The maximum Gasteiger partial charge on any atom is 0.338 e. The standard InChI is InChI=1S/C31H24N2O5S/c1-3-37-31(34)20-16-18-21(19-17-20)33-29-25-13-7-5-11-23(25)22-10-4-6-12-24(22)28(29)32-30(33)26-14-8-9-15-27(26)38-39(2,35)36/h4-19H,3H2,1-2H3. The van der Waals surface area contributed by atoms with Gasteiger partial charge in [0.25, 0.3) is 0 Å². The highest BCUT2D eigenvalue weighted by molar-refractivity contribution is 7.86. The van der Waals surface area contributed by atoms with Gasteiger partial charge in [-0.3, -0.25) is 4.57 Å². The normalized spacial score (nSPS) is 11.7. The number of esters is 1. The summed E-state index contributed by atoms with van der Waals surface area (Å²) in [7, 11) is -3.79. The Hall–Kier alpha value is -4.69. The van der Waals surface area contributed by atoms with Crippen LogP contribution in [0.5, 0.6) is 5.75 Å². The van der Waals surface area contributed by atoms with Gasteiger partial charge < -0.3 is 8.92 Å². The lowest BCUT2D eigenvalue weighted by atomic mass is 10.00. The first-order valence-electron chi connectivity index (χ1n) is 12.4. The summed E-state index contributed by atoms with van der Waals surface area (Å²) in [6.07, 6.45) is 1.02. The lowest BCUT2D eigenvalue weighted by molar-refractivity contribution is 0.0526. The number of para-hydroxylation sites is 1. The van der Waals surface area contributed by atoms with E-state index in [-0.39, 0.29) is 12.4 Å². The zero-order valence-electron chi connectivity index (χ0n) is 21.3. The second kappa shape index (κ2) is 9.56. The Balaban J connectivity index is 1.73. The average Bonchev–Trinajstić information content (AvgIpc) is 3.34. The zero-order chi connectivity index (χ0) is 27.1. The van der Waals surface area contributed by atoms with Gasteiger partial charge in [0.1, 0.15) is 5.82 Å². The van der Waals surface area contributed by atoms with Crippen molar-refractivity contribution in [1.29, 1.82) is 0 Å². The number of hydrogen-bond acceptors (Lipinski definition) is 6. The molecule has 0 N–H and O–H groups in total. The Morgan fingerprint density at radius 3 is 2.05 bits per heavy atom. The molecule has 0 atom stereocenters. The minimum atomic E-state index is -3.79. The molecule has 6 rings (SSSR count). The lowest BCUT2D eigenvalue weighted by Crippen LogP contribution is -2.08. The molecule has 8 heteroatoms. The third-order valence-electron chi connectivity index (χ3n) is 6.54. The summed E-state index contributed by atoms with van der Waals surface area (Å²) in [5.74, 6) is 0.283. The van der Waals surface area contributed by atoms with Gasteiger partial charge in [-0.15, -0.1) is 0 Å². The van der Waals surface area contributed by atoms with Crippen LogP contribution < -0.4 is 4.18 Å². The van der Waals surface area contributed by atoms with E-state index in [0.717, 1.165) is 44.5 Å². The van der Waals surface area contributed by atoms with Gasteiger partial charge >= 0.3 is 16.1 Å². The van der Waals surface area contributed by atoms with E-state index in [9.17, 15) is 13.2 Å². The third-order valence-corrected chi connectivity index (χ3v) is 7.02. The van der Waals surface area contributed by atoms with Crippen molar-refractivity contribution in [2.45, 2.75) is 6.92 Å². The van der Waals surface area contributed by atoms with Crippen LogP contribution in [0.15, 0.2) is 97.1 Å². The molecule has 0 amide bonds. The molecular weight excluding hydrogens is 512 g/mol. The maximum absolute atomic E-state index is 12.3. The van der Waals surface area contributed by atoms with Crippen molar-refractivity contribution in [3.05, 3.63) is 103 Å². The Kier molecular flexibility index (Phi) is 6.04. The molecule has 0 aliphatic rings. The first-order valence-corrected chi connectivity index (χ1v) is 14.3. The van der Waals surface area contributed by atoms with Gasteiger partial charge in [0, 0.05) is 16.5 Å². The van der Waals surface area contributed by atoms with E-state index in [1.807, 2.05) is 53.1 Å². The van der Waals surface area contributed by atoms with Crippen LogP contribution >= 0.6 is 0 Å². The monoisotopic (exact) mass is 536 g/mol. The summed E-state index contributed by atoms with van der Waals surface area (Å²) in [4.78, 5) is 17.4. The Labute approximate surface area is 225 Å². The minimum Gasteiger partial charge on any atom is -0.462 e. The van der Waals surface area contributed by atoms with Gasteiger partial charge in [0.15, 0.2) is 5.75 Å². The molecule has 0 saturated carbocycles. The van der Waals surface area contributed by atoms with Crippen molar-refractivity contribution in [3.63, 3.8) is 0 Å². The van der Waals surface area contributed by atoms with Crippen molar-refractivity contribution < 1.29 is 22.1 Å². The van der Waals surface area contributed by atoms with Gasteiger partial charge in [0.05, 0.1) is 35.0 Å². The van der Waals surface area contributed by atoms with Crippen LogP contribution in [0.25, 0.3) is 49.7 Å². The summed E-state index contributed by atoms with van der Waals surface area (Å²) < 4.78 is 36.8. The summed E-state index contributed by atoms with van der Waals surface area (Å²) >= 11 is 0. The van der Waals surface area contributed by atoms with Crippen molar-refractivity contribution in [2.75, 3.05) is 12.9 Å². The molecule has 5 aromatic carbocycles. The van der Waals surface area contributed by atoms with Crippen LogP contribution in [0.4, 0.5) is 0 Å². The Bertz CT molecular complexity index is 1990. The van der Waals surface area contributed by atoms with Gasteiger partial charge in [-0.1, -0.05) is 60.7 Å². The summed E-state index contributed by atoms with van der Waals surface area (Å²) in [5.41, 5.74) is 3.32. The fraction of sp³-hybridized carbons (Fsp3) is 0.0968. The lowest BCUT2D eigenvalue weighted by Gasteiger charge is -2.14. The largest absolute Gasteiger partial charge is 0.462 e. The Morgan fingerprint density at radius 1 is 0.795 bits per heavy atom. The van der Waals surface area contributed by atoms with Crippen LogP contribution in [0.2, 0.25) is 0 Å². The summed E-state index contributed by atoms with van der Waals surface area (Å²) in [6.45, 7) is 2.05. The molecule has 0 aliphatic heterocycles. The van der Waals surface area contributed by atoms with E-state index in [2.05, 4.69) is 18.2 Å². The maximum atomic E-state index is 12.3. The summed E-state index contributed by atoms with van der Waals surface area (Å²) in [6, 6.07) is 30.2. The molecule has 0 saturated heterocycles. The second-order valence-electron chi connectivity index (χ2n) is 9.11. The van der Waals surface area contributed by atoms with Crippen LogP contribution in [0.3, 0.4) is 0 Å². The van der Waals surface area contributed by atoms with E-state index in [1.165, 1.54) is 0 Å². The third kappa shape index (κ3) is 4.38. The van der Waals surface area contributed by atoms with Crippen LogP contribution in [-0.2, 0) is 14.9 Å². The van der Waals surface area contributed by atoms with Gasteiger partial charge in [0.2, 0.25) is 0 Å². The van der Waals surface area contributed by atoms with Crippen molar-refractivity contribution >= 4 is 48.7 Å². The number of nitrogens with zero attached hydrogens (tertiary/aromatic N) is 2. The topological polar surface area (TPSA) is 87.5 Å². The highest BCUT2D eigenvalue weighted by atomic mass is 32.2. The number of benzene rings is 5. The van der Waals surface area contributed by atoms with E-state index < -0.39 is 16.1 Å². The summed E-state index contributed by atoms with van der Waals surface area (Å²) in [5, 5.41) is 4.09. The molecule has 1 heterocycles. The SMILES string of the molecule is CCOC(=O)c1ccc(-n2c(-c3ccccc3OS(C)(=O)=O)nc3c4ccccc4c4ccccc4c32)cc1. The number of imidazole rings is 1. The quantitative estimate of drug-likeness (QED) is 0.137. The molecule has 0 aliphatic carbocycles. The first kappa shape index (κ1) is 24.6. The molecule has 6 aromatic rings. The van der Waals surface area contributed by atoms with Gasteiger partial charge in [-0.05, 0) is 54.1 Å². The van der Waals surface area contributed by atoms with Crippen LogP contribution in [-0.4, -0.2) is 36.8 Å². The molecule has 0 unspecified atom stereocenters. The molecule has 194 valence electrons. The number of aromatic nitrogens is 2. The number of ether oxygens (including phenoxy) is 1. The fourth-order valence-electron chi connectivity index (χ4n) is 4.99. The number of carbonyl (C=O) groups excluding carboxylic acids is 1. The zero-order valence-corrected chi connectivity index (χ0v) is 22.1. The van der Waals surface area contributed by atoms with E-state index in [0.29, 0.717) is 17.0 Å². The Morgan fingerprint density at radius 2 is 1.38 bits per heavy atom. The second-order valence-corrected chi connectivity index (χ2v) is 10.7. The number of hydrogen-bond donors (Lipinski definition) is 0. The molecule has 0 spiro atoms. The van der Waals surface area contributed by atoms with Crippen LogP contribution in [0.1, 0.15) is 17.3 Å². The smallest absolute Gasteiger partial charge is 0.338 e. The van der Waals surface area contributed by atoms with Gasteiger partial charge in [-0.2, -0.15) is 8.42 Å². The highest BCUT2D eigenvalue weighted by Gasteiger charge is 2.23. The van der Waals surface area contributed by atoms with Crippen molar-refractivity contribution in [3.8, 4) is 22.8 Å². The van der Waals surface area contributed by atoms with Crippen molar-refractivity contribution in [2.24, 2.45) is 0 Å². The molecule has 1 aromatic heterocycles. The average molecular weight is 537 g/mol. The molecule has 39 heavy (non-hydrogen) atoms. The molecular formula is C31H24N2O5S. The predicted molar refractivity (Wildman–Crippen MR) is 153 cm³/mol. The predicted octanol–water partition coefficient (Wildman–Crippen LogP) is 6.51. The van der Waals surface area contributed by atoms with Crippen LogP contribution in [0, 0.1) is 0 Å². The fourth-order valence-corrected chi connectivity index (χ4v) is 5.46. The van der Waals surface area contributed by atoms with Gasteiger partial charge in [-0.25, -0.2) is 9.78 Å². The van der Waals surface area contributed by atoms with E-state index >= 15 is 0 Å².